The van der Waals surface area contributed by atoms with Crippen molar-refractivity contribution < 1.29 is 9.53 Å². The van der Waals surface area contributed by atoms with E-state index in [4.69, 9.17) is 23.1 Å². The molecular formula is C8H12Cl2N4O2. The van der Waals surface area contributed by atoms with Gasteiger partial charge in [0.25, 0.3) is 0 Å². The van der Waals surface area contributed by atoms with E-state index in [-0.39, 0.29) is 41.4 Å². The lowest BCUT2D eigenvalue weighted by Gasteiger charge is -2.07. The van der Waals surface area contributed by atoms with E-state index in [1.54, 1.807) is 6.92 Å². The molecular weight excluding hydrogens is 255 g/mol. The molecule has 1 aromatic heterocycles. The fourth-order valence-corrected chi connectivity index (χ4v) is 1.08. The van der Waals surface area contributed by atoms with Gasteiger partial charge >= 0.3 is 6.09 Å². The maximum atomic E-state index is 11.0. The van der Waals surface area contributed by atoms with Crippen LogP contribution < -0.4 is 16.8 Å². The van der Waals surface area contributed by atoms with E-state index in [2.05, 4.69) is 15.0 Å². The second kappa shape index (κ2) is 6.24. The largest absolute Gasteiger partial charge is 0.450 e. The second-order valence-corrected chi connectivity index (χ2v) is 3.04. The fourth-order valence-electron chi connectivity index (χ4n) is 0.878. The van der Waals surface area contributed by atoms with Crippen LogP contribution in [0.5, 0.6) is 0 Å². The van der Waals surface area contributed by atoms with Gasteiger partial charge < -0.3 is 16.2 Å². The number of hydrogen-bond acceptors (Lipinski definition) is 5. The van der Waals surface area contributed by atoms with Gasteiger partial charge in [-0.1, -0.05) is 11.6 Å². The van der Waals surface area contributed by atoms with Crippen LogP contribution >= 0.6 is 24.0 Å². The molecule has 0 aromatic carbocycles. The van der Waals surface area contributed by atoms with Crippen molar-refractivity contribution in [2.24, 2.45) is 0 Å². The van der Waals surface area contributed by atoms with Crippen LogP contribution in [0.3, 0.4) is 0 Å². The third kappa shape index (κ3) is 3.63. The number of carbonyl (C=O) groups is 1. The van der Waals surface area contributed by atoms with E-state index in [0.29, 0.717) is 0 Å². The average Bonchev–Trinajstić information content (AvgIpc) is 2.14. The minimum absolute atomic E-state index is 0. The Bertz CT molecular complexity index is 363. The topological polar surface area (TPSA) is 103 Å². The first-order valence-corrected chi connectivity index (χ1v) is 4.57. The number of ether oxygens (including phenoxy) is 1. The zero-order chi connectivity index (χ0) is 11.4. The van der Waals surface area contributed by atoms with E-state index in [0.717, 1.165) is 0 Å². The summed E-state index contributed by atoms with van der Waals surface area (Å²) in [6, 6.07) is 1.39. The molecule has 1 amide bonds. The predicted octanol–water partition coefficient (Wildman–Crippen LogP) is 1.89. The molecule has 0 radical (unpaired) electrons. The molecule has 0 saturated carbocycles. The van der Waals surface area contributed by atoms with Gasteiger partial charge in [0.05, 0.1) is 17.3 Å². The molecule has 0 aliphatic heterocycles. The normalized spacial score (nSPS) is 9.12. The van der Waals surface area contributed by atoms with E-state index < -0.39 is 6.09 Å². The van der Waals surface area contributed by atoms with Gasteiger partial charge in [0.2, 0.25) is 0 Å². The molecule has 0 spiro atoms. The second-order valence-electron chi connectivity index (χ2n) is 2.63. The summed E-state index contributed by atoms with van der Waals surface area (Å²) < 4.78 is 4.65. The lowest BCUT2D eigenvalue weighted by atomic mass is 10.4. The highest BCUT2D eigenvalue weighted by atomic mass is 35.5. The van der Waals surface area contributed by atoms with Crippen LogP contribution in [0.1, 0.15) is 6.92 Å². The number of carbonyl (C=O) groups excluding carboxylic acids is 1. The van der Waals surface area contributed by atoms with Crippen molar-refractivity contribution in [3.63, 3.8) is 0 Å². The molecule has 6 nitrogen and oxygen atoms in total. The summed E-state index contributed by atoms with van der Waals surface area (Å²) in [6.07, 6.45) is -0.620. The van der Waals surface area contributed by atoms with Crippen LogP contribution in [0.25, 0.3) is 0 Å². The molecule has 8 heteroatoms. The van der Waals surface area contributed by atoms with E-state index in [9.17, 15) is 4.79 Å². The lowest BCUT2D eigenvalue weighted by molar-refractivity contribution is 0.168. The Hall–Kier alpha value is -1.40. The van der Waals surface area contributed by atoms with Crippen LogP contribution in [0.2, 0.25) is 5.02 Å². The first-order valence-electron chi connectivity index (χ1n) is 4.19. The number of pyridine rings is 1. The Morgan fingerprint density at radius 1 is 1.62 bits per heavy atom. The lowest BCUT2D eigenvalue weighted by Crippen LogP contribution is -2.15. The molecule has 0 saturated heterocycles. The van der Waals surface area contributed by atoms with Crippen molar-refractivity contribution in [3.8, 4) is 0 Å². The Morgan fingerprint density at radius 2 is 2.25 bits per heavy atom. The van der Waals surface area contributed by atoms with Gasteiger partial charge in [-0.05, 0) is 6.92 Å². The molecule has 0 atom stereocenters. The van der Waals surface area contributed by atoms with Crippen LogP contribution in [-0.2, 0) is 4.74 Å². The summed E-state index contributed by atoms with van der Waals surface area (Å²) >= 11 is 5.74. The van der Waals surface area contributed by atoms with E-state index in [1.807, 2.05) is 0 Å². The van der Waals surface area contributed by atoms with E-state index in [1.165, 1.54) is 6.07 Å². The van der Waals surface area contributed by atoms with Crippen LogP contribution in [0.15, 0.2) is 6.07 Å². The number of halogens is 2. The molecule has 1 aromatic rings. The van der Waals surface area contributed by atoms with Crippen molar-refractivity contribution in [2.45, 2.75) is 6.92 Å². The molecule has 0 unspecified atom stereocenters. The van der Waals surface area contributed by atoms with Crippen molar-refractivity contribution in [1.82, 2.24) is 4.98 Å². The maximum absolute atomic E-state index is 11.0. The molecule has 0 fully saturated rings. The molecule has 1 rings (SSSR count). The molecule has 0 aliphatic rings. The van der Waals surface area contributed by atoms with Gasteiger partial charge in [-0.2, -0.15) is 0 Å². The van der Waals surface area contributed by atoms with Crippen molar-refractivity contribution in [2.75, 3.05) is 23.4 Å². The molecule has 90 valence electrons. The standard InChI is InChI=1S/C8H11ClN4O2.ClH/c1-2-15-8(14)13-5-3-4(9)6(10)7(11)12-5;/h3H,2,10H2,1H3,(H3,11,12,13,14);1H. The van der Waals surface area contributed by atoms with Crippen molar-refractivity contribution >= 4 is 47.4 Å². The Balaban J connectivity index is 0.00000225. The van der Waals surface area contributed by atoms with Crippen LogP contribution in [0, 0.1) is 0 Å². The zero-order valence-electron chi connectivity index (χ0n) is 8.49. The first-order chi connectivity index (χ1) is 7.04. The van der Waals surface area contributed by atoms with Crippen LogP contribution in [0.4, 0.5) is 22.1 Å². The SMILES string of the molecule is CCOC(=O)Nc1cc(Cl)c(N)c(N)n1.Cl. The number of anilines is 3. The summed E-state index contributed by atoms with van der Waals surface area (Å²) in [5.41, 5.74) is 11.1. The maximum Gasteiger partial charge on any atom is 0.412 e. The number of nitrogen functional groups attached to an aromatic ring is 2. The predicted molar refractivity (Wildman–Crippen MR) is 66.0 cm³/mol. The monoisotopic (exact) mass is 266 g/mol. The zero-order valence-corrected chi connectivity index (χ0v) is 10.1. The minimum atomic E-state index is -0.620. The summed E-state index contributed by atoms with van der Waals surface area (Å²) in [6.45, 7) is 1.96. The number of amides is 1. The Labute approximate surface area is 104 Å². The number of rotatable bonds is 2. The van der Waals surface area contributed by atoms with Gasteiger partial charge in [-0.15, -0.1) is 12.4 Å². The molecule has 0 aliphatic carbocycles. The Kier molecular flexibility index (Phi) is 5.69. The number of nitrogens with two attached hydrogens (primary N) is 2. The third-order valence-corrected chi connectivity index (χ3v) is 1.86. The van der Waals surface area contributed by atoms with Gasteiger partial charge in [-0.3, -0.25) is 5.32 Å². The number of hydrogen-bond donors (Lipinski definition) is 3. The van der Waals surface area contributed by atoms with Gasteiger partial charge in [0.15, 0.2) is 5.82 Å². The quantitative estimate of drug-likeness (QED) is 0.759. The molecule has 5 N–H and O–H groups in total. The van der Waals surface area contributed by atoms with Crippen molar-refractivity contribution in [3.05, 3.63) is 11.1 Å². The fraction of sp³-hybridized carbons (Fsp3) is 0.250. The molecule has 1 heterocycles. The summed E-state index contributed by atoms with van der Waals surface area (Å²) in [5.74, 6) is 0.263. The van der Waals surface area contributed by atoms with Gasteiger partial charge in [-0.25, -0.2) is 9.78 Å². The summed E-state index contributed by atoms with van der Waals surface area (Å²) in [4.78, 5) is 14.8. The Morgan fingerprint density at radius 3 is 2.75 bits per heavy atom. The number of nitrogens with one attached hydrogen (secondary N) is 1. The van der Waals surface area contributed by atoms with Gasteiger partial charge in [0, 0.05) is 6.07 Å². The highest BCUT2D eigenvalue weighted by molar-refractivity contribution is 6.33. The van der Waals surface area contributed by atoms with E-state index >= 15 is 0 Å². The molecule has 16 heavy (non-hydrogen) atoms. The average molecular weight is 267 g/mol. The smallest absolute Gasteiger partial charge is 0.412 e. The highest BCUT2D eigenvalue weighted by Gasteiger charge is 2.08. The first kappa shape index (κ1) is 14.6. The number of nitrogens with zero attached hydrogens (tertiary/aromatic N) is 1. The van der Waals surface area contributed by atoms with Crippen molar-refractivity contribution in [1.29, 1.82) is 0 Å². The number of aromatic nitrogens is 1. The minimum Gasteiger partial charge on any atom is -0.450 e. The third-order valence-electron chi connectivity index (χ3n) is 1.54. The van der Waals surface area contributed by atoms with Crippen LogP contribution in [-0.4, -0.2) is 17.7 Å². The van der Waals surface area contributed by atoms with Gasteiger partial charge in [0.1, 0.15) is 5.82 Å². The summed E-state index contributed by atoms with van der Waals surface area (Å²) in [7, 11) is 0. The highest BCUT2D eigenvalue weighted by Crippen LogP contribution is 2.26. The molecule has 0 bridgehead atoms. The summed E-state index contributed by atoms with van der Waals surface area (Å²) in [5, 5.41) is 2.59.